The minimum absolute atomic E-state index is 0.364. The molecule has 1 aromatic rings. The Hall–Kier alpha value is -0.840. The lowest BCUT2D eigenvalue weighted by Gasteiger charge is -2.28. The van der Waals surface area contributed by atoms with Crippen molar-refractivity contribution in [3.05, 3.63) is 39.7 Å². The van der Waals surface area contributed by atoms with E-state index >= 15 is 0 Å². The van der Waals surface area contributed by atoms with Gasteiger partial charge >= 0.3 is 5.97 Å². The van der Waals surface area contributed by atoms with Crippen LogP contribution in [-0.2, 0) is 4.79 Å². The van der Waals surface area contributed by atoms with Gasteiger partial charge in [-0.15, -0.1) is 11.8 Å². The maximum absolute atomic E-state index is 11.3. The number of nitrogens with one attached hydrogen (secondary N) is 1. The van der Waals surface area contributed by atoms with E-state index in [1.54, 1.807) is 36.6 Å². The van der Waals surface area contributed by atoms with Crippen molar-refractivity contribution in [2.45, 2.75) is 17.7 Å². The molecular formula is C12H11Cl2NO2S. The molecule has 0 bridgehead atoms. The fourth-order valence-corrected chi connectivity index (χ4v) is 3.09. The zero-order valence-electron chi connectivity index (χ0n) is 9.48. The van der Waals surface area contributed by atoms with E-state index in [-0.39, 0.29) is 6.04 Å². The molecule has 2 atom stereocenters. The quantitative estimate of drug-likeness (QED) is 0.890. The molecular weight excluding hydrogens is 293 g/mol. The molecule has 1 aromatic carbocycles. The fraction of sp³-hybridized carbons (Fsp3) is 0.250. The topological polar surface area (TPSA) is 49.3 Å². The Balaban J connectivity index is 2.29. The zero-order valence-corrected chi connectivity index (χ0v) is 11.8. The molecule has 0 saturated carbocycles. The number of aliphatic carboxylic acids is 1. The summed E-state index contributed by atoms with van der Waals surface area (Å²) >= 11 is 13.4. The second kappa shape index (κ2) is 5.03. The maximum atomic E-state index is 11.3. The molecule has 6 heteroatoms. The van der Waals surface area contributed by atoms with Crippen LogP contribution in [0.4, 0.5) is 5.69 Å². The van der Waals surface area contributed by atoms with E-state index in [4.69, 9.17) is 23.2 Å². The van der Waals surface area contributed by atoms with E-state index in [0.29, 0.717) is 15.7 Å². The van der Waals surface area contributed by atoms with Gasteiger partial charge in [0, 0.05) is 0 Å². The number of halogens is 2. The number of hydrogen-bond donors (Lipinski definition) is 2. The van der Waals surface area contributed by atoms with Crippen LogP contribution < -0.4 is 5.32 Å². The fourth-order valence-electron chi connectivity index (χ4n) is 1.68. The first-order valence-electron chi connectivity index (χ1n) is 5.23. The van der Waals surface area contributed by atoms with Gasteiger partial charge < -0.3 is 10.4 Å². The third-order valence-electron chi connectivity index (χ3n) is 2.86. The highest BCUT2D eigenvalue weighted by Crippen LogP contribution is 2.40. The number of anilines is 1. The summed E-state index contributed by atoms with van der Waals surface area (Å²) < 4.78 is -0.956. The smallest absolute Gasteiger partial charge is 0.322 e. The number of carbonyl (C=O) groups is 1. The van der Waals surface area contributed by atoms with Crippen LogP contribution in [0.5, 0.6) is 0 Å². The summed E-state index contributed by atoms with van der Waals surface area (Å²) in [6.45, 7) is 1.67. The molecule has 0 aromatic heterocycles. The van der Waals surface area contributed by atoms with Crippen LogP contribution in [0, 0.1) is 0 Å². The van der Waals surface area contributed by atoms with E-state index in [9.17, 15) is 9.90 Å². The highest BCUT2D eigenvalue weighted by Gasteiger charge is 2.44. The van der Waals surface area contributed by atoms with Crippen LogP contribution in [0.25, 0.3) is 0 Å². The predicted octanol–water partition coefficient (Wildman–Crippen LogP) is 3.88. The van der Waals surface area contributed by atoms with E-state index in [1.807, 2.05) is 0 Å². The highest BCUT2D eigenvalue weighted by molar-refractivity contribution is 8.04. The normalized spacial score (nSPS) is 26.3. The Morgan fingerprint density at radius 2 is 2.06 bits per heavy atom. The molecule has 0 saturated heterocycles. The summed E-state index contributed by atoms with van der Waals surface area (Å²) in [6, 6.07) is 4.79. The van der Waals surface area contributed by atoms with E-state index in [0.717, 1.165) is 0 Å². The van der Waals surface area contributed by atoms with Crippen molar-refractivity contribution in [1.29, 1.82) is 0 Å². The summed E-state index contributed by atoms with van der Waals surface area (Å²) in [5.41, 5.74) is 0.561. The van der Waals surface area contributed by atoms with Gasteiger partial charge in [-0.1, -0.05) is 35.3 Å². The van der Waals surface area contributed by atoms with Crippen molar-refractivity contribution in [2.75, 3.05) is 5.32 Å². The average Bonchev–Trinajstić information content (AvgIpc) is 2.67. The first-order chi connectivity index (χ1) is 8.45. The Morgan fingerprint density at radius 3 is 2.61 bits per heavy atom. The van der Waals surface area contributed by atoms with E-state index in [1.165, 1.54) is 11.8 Å². The first kappa shape index (κ1) is 13.6. The molecule has 1 aliphatic heterocycles. The third-order valence-corrected chi connectivity index (χ3v) is 4.71. The second-order valence-corrected chi connectivity index (χ2v) is 6.25. The van der Waals surface area contributed by atoms with E-state index < -0.39 is 10.7 Å². The van der Waals surface area contributed by atoms with Crippen molar-refractivity contribution in [1.82, 2.24) is 0 Å². The maximum Gasteiger partial charge on any atom is 0.322 e. The van der Waals surface area contributed by atoms with Gasteiger partial charge in [-0.2, -0.15) is 0 Å². The molecule has 0 aliphatic carbocycles. The van der Waals surface area contributed by atoms with Crippen molar-refractivity contribution in [3.8, 4) is 0 Å². The van der Waals surface area contributed by atoms with Crippen LogP contribution in [0.3, 0.4) is 0 Å². The van der Waals surface area contributed by atoms with Crippen molar-refractivity contribution in [3.63, 3.8) is 0 Å². The highest BCUT2D eigenvalue weighted by atomic mass is 35.5. The summed E-state index contributed by atoms with van der Waals surface area (Å²) in [5, 5.41) is 15.1. The number of carboxylic acid groups (broad SMARTS) is 1. The van der Waals surface area contributed by atoms with Gasteiger partial charge in [0.25, 0.3) is 0 Å². The van der Waals surface area contributed by atoms with E-state index in [2.05, 4.69) is 5.32 Å². The van der Waals surface area contributed by atoms with Gasteiger partial charge in [0.15, 0.2) is 0 Å². The molecule has 2 N–H and O–H groups in total. The van der Waals surface area contributed by atoms with Gasteiger partial charge in [-0.3, -0.25) is 4.79 Å². The largest absolute Gasteiger partial charge is 0.480 e. The lowest BCUT2D eigenvalue weighted by atomic mass is 10.0. The molecule has 0 amide bonds. The minimum atomic E-state index is -0.956. The molecule has 96 valence electrons. The van der Waals surface area contributed by atoms with Crippen LogP contribution in [0.15, 0.2) is 29.7 Å². The molecule has 1 heterocycles. The predicted molar refractivity (Wildman–Crippen MR) is 76.6 cm³/mol. The van der Waals surface area contributed by atoms with Gasteiger partial charge in [0.2, 0.25) is 0 Å². The average molecular weight is 304 g/mol. The molecule has 3 nitrogen and oxygen atoms in total. The molecule has 2 rings (SSSR count). The summed E-state index contributed by atoms with van der Waals surface area (Å²) in [4.78, 5) is 11.3. The summed E-state index contributed by atoms with van der Waals surface area (Å²) in [7, 11) is 0. The lowest BCUT2D eigenvalue weighted by molar-refractivity contribution is -0.139. The third kappa shape index (κ3) is 2.32. The Morgan fingerprint density at radius 1 is 1.44 bits per heavy atom. The summed E-state index contributed by atoms with van der Waals surface area (Å²) in [6.07, 6.45) is 1.80. The molecule has 0 fully saturated rings. The van der Waals surface area contributed by atoms with Crippen LogP contribution in [-0.4, -0.2) is 21.9 Å². The Kier molecular flexibility index (Phi) is 3.80. The molecule has 1 aliphatic rings. The van der Waals surface area contributed by atoms with Crippen molar-refractivity contribution < 1.29 is 9.90 Å². The Labute approximate surface area is 119 Å². The number of para-hydroxylation sites is 1. The minimum Gasteiger partial charge on any atom is -0.480 e. The molecule has 18 heavy (non-hydrogen) atoms. The standard InChI is InChI=1S/C12H11Cl2NO2S/c1-12(11(16)17)9(5-6-18-12)15-10-7(13)3-2-4-8(10)14/h2-6,9,15H,1H3,(H,16,17). The molecule has 2 unspecified atom stereocenters. The first-order valence-corrected chi connectivity index (χ1v) is 6.87. The number of rotatable bonds is 3. The lowest BCUT2D eigenvalue weighted by Crippen LogP contribution is -2.44. The zero-order chi connectivity index (χ0) is 13.3. The SMILES string of the molecule is CC1(C(=O)O)SC=CC1Nc1c(Cl)cccc1Cl. The van der Waals surface area contributed by atoms with Crippen molar-refractivity contribution >= 4 is 46.6 Å². The van der Waals surface area contributed by atoms with Crippen LogP contribution in [0.1, 0.15) is 6.92 Å². The second-order valence-electron chi connectivity index (χ2n) is 4.08. The molecule has 0 radical (unpaired) electrons. The number of carboxylic acids is 1. The van der Waals surface area contributed by atoms with Gasteiger partial charge in [0.1, 0.15) is 4.75 Å². The van der Waals surface area contributed by atoms with Crippen LogP contribution >= 0.6 is 35.0 Å². The van der Waals surface area contributed by atoms with Gasteiger partial charge in [-0.05, 0) is 24.5 Å². The van der Waals surface area contributed by atoms with Gasteiger partial charge in [-0.25, -0.2) is 0 Å². The van der Waals surface area contributed by atoms with Crippen LogP contribution in [0.2, 0.25) is 10.0 Å². The monoisotopic (exact) mass is 303 g/mol. The van der Waals surface area contributed by atoms with Crippen molar-refractivity contribution in [2.24, 2.45) is 0 Å². The van der Waals surface area contributed by atoms with Gasteiger partial charge in [0.05, 0.1) is 21.8 Å². The summed E-state index contributed by atoms with van der Waals surface area (Å²) in [5.74, 6) is -0.877. The molecule has 0 spiro atoms. The number of thioether (sulfide) groups is 1. The Bertz CT molecular complexity index is 501. The number of hydrogen-bond acceptors (Lipinski definition) is 3. The number of benzene rings is 1.